The fourth-order valence-corrected chi connectivity index (χ4v) is 4.64. The highest BCUT2D eigenvalue weighted by Crippen LogP contribution is 2.44. The number of nitrogens with zero attached hydrogens (tertiary/aromatic N) is 1. The number of hydrazone groups is 1. The first-order valence-electron chi connectivity index (χ1n) is 10.7. The fourth-order valence-electron chi connectivity index (χ4n) is 4.64. The van der Waals surface area contributed by atoms with Crippen LogP contribution in [-0.4, -0.2) is 35.5 Å². The number of urea groups is 1. The number of aryl methyl sites for hydroxylation is 1. The van der Waals surface area contributed by atoms with Crippen LogP contribution < -0.4 is 10.7 Å². The fraction of sp³-hybridized carbons (Fsp3) is 0.375. The third-order valence-corrected chi connectivity index (χ3v) is 6.11. The van der Waals surface area contributed by atoms with Crippen molar-refractivity contribution in [2.45, 2.75) is 44.3 Å². The van der Waals surface area contributed by atoms with Crippen LogP contribution >= 0.6 is 0 Å². The summed E-state index contributed by atoms with van der Waals surface area (Å²) in [5.74, 6) is -0.418. The third kappa shape index (κ3) is 5.30. The van der Waals surface area contributed by atoms with Crippen molar-refractivity contribution >= 4 is 23.9 Å². The van der Waals surface area contributed by atoms with Gasteiger partial charge in [-0.3, -0.25) is 4.79 Å². The van der Waals surface area contributed by atoms with Crippen LogP contribution in [-0.2, 0) is 22.4 Å². The number of ether oxygens (including phenoxy) is 1. The largest absolute Gasteiger partial charge is 0.481 e. The van der Waals surface area contributed by atoms with E-state index in [0.29, 0.717) is 12.1 Å². The van der Waals surface area contributed by atoms with Gasteiger partial charge in [0.15, 0.2) is 0 Å². The van der Waals surface area contributed by atoms with Gasteiger partial charge >= 0.3 is 12.0 Å². The Kier molecular flexibility index (Phi) is 6.62. The molecule has 0 aliphatic carbocycles. The van der Waals surface area contributed by atoms with Crippen molar-refractivity contribution in [2.75, 3.05) is 5.32 Å². The molecule has 2 fully saturated rings. The number of benzene rings is 2. The molecular weight excluding hydrogens is 394 g/mol. The standard InChI is InChI=1S/C24H27N3O4/c28-23(29)13-10-16-6-4-5-7-17(16)14-19-20(22-12-11-21(19)31-22)15-25-27-24(30)26-18-8-2-1-3-9-18/h1-9,15,19-22H,10-14H2,(H,28,29)(H2,26,27,30)/b25-15+. The molecule has 0 radical (unpaired) electrons. The van der Waals surface area contributed by atoms with E-state index in [-0.39, 0.29) is 36.5 Å². The van der Waals surface area contributed by atoms with Crippen molar-refractivity contribution in [3.05, 3.63) is 65.7 Å². The normalized spacial score (nSPS) is 24.4. The Morgan fingerprint density at radius 1 is 1.03 bits per heavy atom. The maximum atomic E-state index is 12.1. The molecule has 162 valence electrons. The lowest BCUT2D eigenvalue weighted by Gasteiger charge is -2.26. The van der Waals surface area contributed by atoms with Crippen molar-refractivity contribution in [1.29, 1.82) is 0 Å². The first-order chi connectivity index (χ1) is 15.1. The summed E-state index contributed by atoms with van der Waals surface area (Å²) < 4.78 is 6.15. The Morgan fingerprint density at radius 3 is 2.52 bits per heavy atom. The van der Waals surface area contributed by atoms with E-state index < -0.39 is 5.97 Å². The van der Waals surface area contributed by atoms with E-state index in [0.717, 1.165) is 30.4 Å². The highest BCUT2D eigenvalue weighted by Gasteiger charge is 2.48. The van der Waals surface area contributed by atoms with E-state index in [4.69, 9.17) is 9.84 Å². The second-order valence-electron chi connectivity index (χ2n) is 8.11. The van der Waals surface area contributed by atoms with Gasteiger partial charge < -0.3 is 15.2 Å². The predicted octanol–water partition coefficient (Wildman–Crippen LogP) is 3.85. The molecule has 2 heterocycles. The second-order valence-corrected chi connectivity index (χ2v) is 8.11. The first kappa shape index (κ1) is 21.1. The topological polar surface area (TPSA) is 100 Å². The molecule has 0 aromatic heterocycles. The number of rotatable bonds is 8. The monoisotopic (exact) mass is 421 g/mol. The van der Waals surface area contributed by atoms with E-state index in [1.165, 1.54) is 0 Å². The Hall–Kier alpha value is -3.19. The average molecular weight is 421 g/mol. The van der Waals surface area contributed by atoms with Gasteiger partial charge in [0.25, 0.3) is 0 Å². The summed E-state index contributed by atoms with van der Waals surface area (Å²) >= 11 is 0. The van der Waals surface area contributed by atoms with E-state index in [9.17, 15) is 9.59 Å². The number of fused-ring (bicyclic) bond motifs is 2. The van der Waals surface area contributed by atoms with Crippen LogP contribution in [0, 0.1) is 11.8 Å². The Morgan fingerprint density at radius 2 is 1.74 bits per heavy atom. The van der Waals surface area contributed by atoms with E-state index in [2.05, 4.69) is 21.9 Å². The Labute approximate surface area is 181 Å². The number of amides is 2. The summed E-state index contributed by atoms with van der Waals surface area (Å²) in [6, 6.07) is 16.8. The quantitative estimate of drug-likeness (QED) is 0.445. The maximum Gasteiger partial charge on any atom is 0.339 e. The smallest absolute Gasteiger partial charge is 0.339 e. The molecule has 2 aromatic rings. The summed E-state index contributed by atoms with van der Waals surface area (Å²) in [4.78, 5) is 23.1. The van der Waals surface area contributed by atoms with Gasteiger partial charge in [0, 0.05) is 24.2 Å². The molecule has 2 aliphatic rings. The van der Waals surface area contributed by atoms with Crippen molar-refractivity contribution in [3.63, 3.8) is 0 Å². The summed E-state index contributed by atoms with van der Waals surface area (Å²) in [6.07, 6.45) is 5.56. The zero-order chi connectivity index (χ0) is 21.6. The molecule has 2 amide bonds. The molecule has 0 spiro atoms. The molecule has 4 rings (SSSR count). The molecule has 2 saturated heterocycles. The number of hydrogen-bond donors (Lipinski definition) is 3. The van der Waals surface area contributed by atoms with Gasteiger partial charge in [-0.15, -0.1) is 0 Å². The van der Waals surface area contributed by atoms with Crippen molar-refractivity contribution < 1.29 is 19.4 Å². The highest BCUT2D eigenvalue weighted by molar-refractivity contribution is 5.89. The number of nitrogens with one attached hydrogen (secondary N) is 2. The summed E-state index contributed by atoms with van der Waals surface area (Å²) in [7, 11) is 0. The lowest BCUT2D eigenvalue weighted by molar-refractivity contribution is -0.136. The maximum absolute atomic E-state index is 12.1. The van der Waals surface area contributed by atoms with Crippen molar-refractivity contribution in [3.8, 4) is 0 Å². The Balaban J connectivity index is 1.39. The lowest BCUT2D eigenvalue weighted by Crippen LogP contribution is -2.32. The van der Waals surface area contributed by atoms with Crippen LogP contribution in [0.15, 0.2) is 59.7 Å². The molecular formula is C24H27N3O4. The number of hydrogen-bond acceptors (Lipinski definition) is 4. The third-order valence-electron chi connectivity index (χ3n) is 6.11. The highest BCUT2D eigenvalue weighted by atomic mass is 16.5. The summed E-state index contributed by atoms with van der Waals surface area (Å²) in [5, 5.41) is 16.0. The minimum Gasteiger partial charge on any atom is -0.481 e. The predicted molar refractivity (Wildman–Crippen MR) is 118 cm³/mol. The SMILES string of the molecule is O=C(O)CCc1ccccc1CC1C2CCC(O2)C1/C=N/NC(=O)Nc1ccccc1. The van der Waals surface area contributed by atoms with Gasteiger partial charge in [0.1, 0.15) is 0 Å². The first-order valence-corrected chi connectivity index (χ1v) is 10.7. The van der Waals surface area contributed by atoms with E-state index >= 15 is 0 Å². The number of carboxylic acid groups (broad SMARTS) is 1. The molecule has 2 aromatic carbocycles. The number of anilines is 1. The second kappa shape index (κ2) is 9.75. The summed E-state index contributed by atoms with van der Waals surface area (Å²) in [5.41, 5.74) is 5.49. The zero-order valence-corrected chi connectivity index (χ0v) is 17.2. The number of carbonyl (C=O) groups excluding carboxylic acids is 1. The van der Waals surface area contributed by atoms with Crippen LogP contribution in [0.4, 0.5) is 10.5 Å². The van der Waals surface area contributed by atoms with Crippen LogP contribution in [0.25, 0.3) is 0 Å². The van der Waals surface area contributed by atoms with E-state index in [1.54, 1.807) is 6.21 Å². The molecule has 4 atom stereocenters. The number of carbonyl (C=O) groups is 2. The van der Waals surface area contributed by atoms with Gasteiger partial charge in [-0.1, -0.05) is 42.5 Å². The van der Waals surface area contributed by atoms with Gasteiger partial charge in [0.2, 0.25) is 0 Å². The van der Waals surface area contributed by atoms with Crippen molar-refractivity contribution in [2.24, 2.45) is 16.9 Å². The lowest BCUT2D eigenvalue weighted by atomic mass is 9.76. The van der Waals surface area contributed by atoms with Gasteiger partial charge in [-0.2, -0.15) is 5.10 Å². The molecule has 31 heavy (non-hydrogen) atoms. The molecule has 4 unspecified atom stereocenters. The van der Waals surface area contributed by atoms with Crippen LogP contribution in [0.5, 0.6) is 0 Å². The van der Waals surface area contributed by atoms with Gasteiger partial charge in [0.05, 0.1) is 12.2 Å². The minimum atomic E-state index is -0.789. The number of aliphatic carboxylic acids is 1. The molecule has 7 heteroatoms. The number of carboxylic acids is 1. The molecule has 7 nitrogen and oxygen atoms in total. The minimum absolute atomic E-state index is 0.114. The van der Waals surface area contributed by atoms with E-state index in [1.807, 2.05) is 48.5 Å². The zero-order valence-electron chi connectivity index (χ0n) is 17.2. The molecule has 0 saturated carbocycles. The summed E-state index contributed by atoms with van der Waals surface area (Å²) in [6.45, 7) is 0. The van der Waals surface area contributed by atoms with Crippen LogP contribution in [0.3, 0.4) is 0 Å². The van der Waals surface area contributed by atoms with Gasteiger partial charge in [-0.05, 0) is 54.9 Å². The Bertz CT molecular complexity index is 947. The van der Waals surface area contributed by atoms with Crippen LogP contribution in [0.1, 0.15) is 30.4 Å². The molecule has 2 aliphatic heterocycles. The number of para-hydroxylation sites is 1. The van der Waals surface area contributed by atoms with Crippen molar-refractivity contribution in [1.82, 2.24) is 5.43 Å². The average Bonchev–Trinajstić information content (AvgIpc) is 3.36. The van der Waals surface area contributed by atoms with Gasteiger partial charge in [-0.25, -0.2) is 10.2 Å². The van der Waals surface area contributed by atoms with Crippen LogP contribution in [0.2, 0.25) is 0 Å². The molecule has 2 bridgehead atoms. The molecule has 3 N–H and O–H groups in total.